The van der Waals surface area contributed by atoms with Crippen molar-refractivity contribution in [2.24, 2.45) is 11.8 Å². The van der Waals surface area contributed by atoms with Crippen LogP contribution in [0.3, 0.4) is 0 Å². The van der Waals surface area contributed by atoms with Gasteiger partial charge in [0.2, 0.25) is 11.8 Å². The predicted octanol–water partition coefficient (Wildman–Crippen LogP) is 3.65. The zero-order valence-corrected chi connectivity index (χ0v) is 16.3. The number of hydrogen-bond donors (Lipinski definition) is 0. The molecule has 3 rings (SSSR count). The number of amides is 2. The van der Waals surface area contributed by atoms with E-state index in [0.717, 1.165) is 70.1 Å². The van der Waals surface area contributed by atoms with E-state index in [1.54, 1.807) is 12.1 Å². The average molecular weight is 375 g/mol. The van der Waals surface area contributed by atoms with E-state index < -0.39 is 0 Å². The molecule has 2 amide bonds. The van der Waals surface area contributed by atoms with Gasteiger partial charge in [0.25, 0.3) is 0 Å². The highest BCUT2D eigenvalue weighted by atomic mass is 19.1. The van der Waals surface area contributed by atoms with Crippen LogP contribution in [0.15, 0.2) is 24.3 Å². The van der Waals surface area contributed by atoms with Crippen LogP contribution in [0.5, 0.6) is 0 Å². The smallest absolute Gasteiger partial charge is 0.225 e. The molecule has 2 saturated heterocycles. The molecule has 0 N–H and O–H groups in total. The minimum Gasteiger partial charge on any atom is -0.346 e. The number of carbonyl (C=O) groups is 2. The van der Waals surface area contributed by atoms with Crippen molar-refractivity contribution in [2.45, 2.75) is 51.4 Å². The summed E-state index contributed by atoms with van der Waals surface area (Å²) in [5, 5.41) is 0. The molecule has 0 radical (unpaired) electrons. The summed E-state index contributed by atoms with van der Waals surface area (Å²) in [5.74, 6) is 0.849. The SMILES string of the molecule is CN1CCCC[C@@H](C2CCN(C(=O)CCCc3ccc(F)cc3)CC2)C1=O. The van der Waals surface area contributed by atoms with Crippen LogP contribution in [0, 0.1) is 17.7 Å². The average Bonchev–Trinajstić information content (AvgIpc) is 2.85. The Labute approximate surface area is 161 Å². The van der Waals surface area contributed by atoms with Gasteiger partial charge in [-0.25, -0.2) is 4.39 Å². The molecule has 2 aliphatic rings. The van der Waals surface area contributed by atoms with Crippen molar-refractivity contribution < 1.29 is 14.0 Å². The van der Waals surface area contributed by atoms with Crippen molar-refractivity contribution in [2.75, 3.05) is 26.7 Å². The quantitative estimate of drug-likeness (QED) is 0.789. The molecule has 1 aromatic rings. The molecule has 2 aliphatic heterocycles. The molecule has 0 aromatic heterocycles. The fourth-order valence-corrected chi connectivity index (χ4v) is 4.47. The molecule has 1 atom stereocenters. The van der Waals surface area contributed by atoms with E-state index in [4.69, 9.17) is 0 Å². The maximum atomic E-state index is 12.9. The monoisotopic (exact) mass is 374 g/mol. The van der Waals surface area contributed by atoms with Crippen LogP contribution >= 0.6 is 0 Å². The molecule has 0 unspecified atom stereocenters. The maximum Gasteiger partial charge on any atom is 0.225 e. The van der Waals surface area contributed by atoms with Crippen molar-refractivity contribution in [1.29, 1.82) is 0 Å². The predicted molar refractivity (Wildman–Crippen MR) is 104 cm³/mol. The summed E-state index contributed by atoms with van der Waals surface area (Å²) >= 11 is 0. The van der Waals surface area contributed by atoms with E-state index in [1.807, 2.05) is 16.8 Å². The lowest BCUT2D eigenvalue weighted by atomic mass is 9.81. The third kappa shape index (κ3) is 5.30. The third-order valence-electron chi connectivity index (χ3n) is 6.18. The molecule has 0 saturated carbocycles. The van der Waals surface area contributed by atoms with Crippen molar-refractivity contribution in [3.8, 4) is 0 Å². The van der Waals surface area contributed by atoms with E-state index >= 15 is 0 Å². The molecule has 27 heavy (non-hydrogen) atoms. The van der Waals surface area contributed by atoms with Gasteiger partial charge in [-0.1, -0.05) is 18.6 Å². The topological polar surface area (TPSA) is 40.6 Å². The van der Waals surface area contributed by atoms with E-state index in [0.29, 0.717) is 18.2 Å². The fourth-order valence-electron chi connectivity index (χ4n) is 4.47. The van der Waals surface area contributed by atoms with Crippen LogP contribution in [0.2, 0.25) is 0 Å². The molecule has 148 valence electrons. The molecular formula is C22H31FN2O2. The summed E-state index contributed by atoms with van der Waals surface area (Å²) in [6, 6.07) is 6.50. The molecule has 2 heterocycles. The molecule has 0 bridgehead atoms. The second-order valence-corrected chi connectivity index (χ2v) is 8.06. The minimum atomic E-state index is -0.226. The Morgan fingerprint density at radius 1 is 1.07 bits per heavy atom. The summed E-state index contributed by atoms with van der Waals surface area (Å²) in [7, 11) is 1.92. The minimum absolute atomic E-state index is 0.147. The van der Waals surface area contributed by atoms with Crippen LogP contribution in [-0.2, 0) is 16.0 Å². The summed E-state index contributed by atoms with van der Waals surface area (Å²) < 4.78 is 12.9. The highest BCUT2D eigenvalue weighted by molar-refractivity contribution is 5.79. The standard InChI is InChI=1S/C22H31FN2O2/c1-24-14-3-2-6-20(22(24)27)18-12-15-25(16-13-18)21(26)7-4-5-17-8-10-19(23)11-9-17/h8-11,18,20H,2-7,12-16H2,1H3/t20-/m0/s1. The first-order chi connectivity index (χ1) is 13.0. The number of piperidine rings is 1. The van der Waals surface area contributed by atoms with Crippen molar-refractivity contribution in [1.82, 2.24) is 9.80 Å². The number of likely N-dealkylation sites (tertiary alicyclic amines) is 2. The second kappa shape index (κ2) is 9.34. The first kappa shape index (κ1) is 19.8. The van der Waals surface area contributed by atoms with Gasteiger partial charge < -0.3 is 9.80 Å². The number of nitrogens with zero attached hydrogens (tertiary/aromatic N) is 2. The molecule has 1 aromatic carbocycles. The van der Waals surface area contributed by atoms with Crippen LogP contribution in [-0.4, -0.2) is 48.3 Å². The number of carbonyl (C=O) groups excluding carboxylic acids is 2. The molecule has 2 fully saturated rings. The molecule has 4 nitrogen and oxygen atoms in total. The number of hydrogen-bond acceptors (Lipinski definition) is 2. The van der Waals surface area contributed by atoms with Crippen molar-refractivity contribution in [3.63, 3.8) is 0 Å². The summed E-state index contributed by atoms with van der Waals surface area (Å²) in [5.41, 5.74) is 1.07. The molecule has 0 aliphatic carbocycles. The van der Waals surface area contributed by atoms with Crippen LogP contribution in [0.1, 0.15) is 50.5 Å². The van der Waals surface area contributed by atoms with E-state index in [1.165, 1.54) is 12.1 Å². The van der Waals surface area contributed by atoms with E-state index in [2.05, 4.69) is 0 Å². The molecular weight excluding hydrogens is 343 g/mol. The van der Waals surface area contributed by atoms with Gasteiger partial charge in [0.05, 0.1) is 0 Å². The number of rotatable bonds is 5. The Bertz CT molecular complexity index is 638. The maximum absolute atomic E-state index is 12.9. The van der Waals surface area contributed by atoms with Gasteiger partial charge in [-0.15, -0.1) is 0 Å². The Morgan fingerprint density at radius 2 is 1.78 bits per heavy atom. The lowest BCUT2D eigenvalue weighted by Crippen LogP contribution is -2.43. The lowest BCUT2D eigenvalue weighted by Gasteiger charge is -2.36. The number of aryl methyl sites for hydroxylation is 1. The largest absolute Gasteiger partial charge is 0.346 e. The highest BCUT2D eigenvalue weighted by Gasteiger charge is 2.34. The van der Waals surface area contributed by atoms with Gasteiger partial charge in [-0.05, 0) is 62.1 Å². The van der Waals surface area contributed by atoms with E-state index in [-0.39, 0.29) is 17.6 Å². The van der Waals surface area contributed by atoms with Gasteiger partial charge in [0.15, 0.2) is 0 Å². The summed E-state index contributed by atoms with van der Waals surface area (Å²) in [6.45, 7) is 2.42. The van der Waals surface area contributed by atoms with E-state index in [9.17, 15) is 14.0 Å². The second-order valence-electron chi connectivity index (χ2n) is 8.06. The Hall–Kier alpha value is -1.91. The first-order valence-electron chi connectivity index (χ1n) is 10.3. The van der Waals surface area contributed by atoms with Gasteiger partial charge in [0, 0.05) is 39.0 Å². The van der Waals surface area contributed by atoms with Gasteiger partial charge in [-0.2, -0.15) is 0 Å². The number of halogens is 1. The van der Waals surface area contributed by atoms with Crippen LogP contribution < -0.4 is 0 Å². The third-order valence-corrected chi connectivity index (χ3v) is 6.18. The number of benzene rings is 1. The zero-order chi connectivity index (χ0) is 19.2. The molecule has 5 heteroatoms. The Morgan fingerprint density at radius 3 is 2.48 bits per heavy atom. The summed E-state index contributed by atoms with van der Waals surface area (Å²) in [6.07, 6.45) is 7.23. The summed E-state index contributed by atoms with van der Waals surface area (Å²) in [4.78, 5) is 28.9. The fraction of sp³-hybridized carbons (Fsp3) is 0.636. The van der Waals surface area contributed by atoms with Gasteiger partial charge in [-0.3, -0.25) is 9.59 Å². The molecule has 0 spiro atoms. The van der Waals surface area contributed by atoms with Crippen LogP contribution in [0.4, 0.5) is 4.39 Å². The normalized spacial score (nSPS) is 22.0. The lowest BCUT2D eigenvalue weighted by molar-refractivity contribution is -0.137. The zero-order valence-electron chi connectivity index (χ0n) is 16.3. The highest BCUT2D eigenvalue weighted by Crippen LogP contribution is 2.32. The van der Waals surface area contributed by atoms with Crippen LogP contribution in [0.25, 0.3) is 0 Å². The van der Waals surface area contributed by atoms with Crippen molar-refractivity contribution >= 4 is 11.8 Å². The Kier molecular flexibility index (Phi) is 6.86. The van der Waals surface area contributed by atoms with Gasteiger partial charge >= 0.3 is 0 Å². The first-order valence-corrected chi connectivity index (χ1v) is 10.3. The Balaban J connectivity index is 1.42. The van der Waals surface area contributed by atoms with Gasteiger partial charge in [0.1, 0.15) is 5.82 Å². The van der Waals surface area contributed by atoms with Crippen molar-refractivity contribution in [3.05, 3.63) is 35.6 Å².